The number of esters is 1. The summed E-state index contributed by atoms with van der Waals surface area (Å²) in [5.74, 6) is -0.799. The Hall–Kier alpha value is -1.79. The molecule has 0 bridgehead atoms. The van der Waals surface area contributed by atoms with Gasteiger partial charge < -0.3 is 10.1 Å². The summed E-state index contributed by atoms with van der Waals surface area (Å²) in [7, 11) is 1.30. The van der Waals surface area contributed by atoms with Crippen LogP contribution in [0.1, 0.15) is 5.56 Å². The number of hydrogen-bond donors (Lipinski definition) is 1. The molecule has 26 heavy (non-hydrogen) atoms. The Morgan fingerprint density at radius 1 is 1.04 bits per heavy atom. The molecular formula is C18H17Cl3N2O3. The first-order valence-electron chi connectivity index (χ1n) is 7.66. The number of benzene rings is 2. The summed E-state index contributed by atoms with van der Waals surface area (Å²) in [4.78, 5) is 25.7. The number of methoxy groups -OCH3 is 1. The molecule has 2 aromatic rings. The predicted octanol–water partition coefficient (Wildman–Crippen LogP) is 4.26. The molecule has 0 aliphatic heterocycles. The van der Waals surface area contributed by atoms with E-state index >= 15 is 0 Å². The summed E-state index contributed by atoms with van der Waals surface area (Å²) in [5.41, 5.74) is 1.24. The van der Waals surface area contributed by atoms with Crippen LogP contribution in [0.3, 0.4) is 0 Å². The quantitative estimate of drug-likeness (QED) is 0.687. The average Bonchev–Trinajstić information content (AvgIpc) is 2.58. The Morgan fingerprint density at radius 3 is 2.23 bits per heavy atom. The molecule has 2 rings (SSSR count). The van der Waals surface area contributed by atoms with Crippen LogP contribution in [0.4, 0.5) is 5.69 Å². The van der Waals surface area contributed by atoms with Crippen molar-refractivity contribution in [2.75, 3.05) is 25.5 Å². The van der Waals surface area contributed by atoms with Crippen molar-refractivity contribution in [3.63, 3.8) is 0 Å². The van der Waals surface area contributed by atoms with E-state index in [0.717, 1.165) is 5.56 Å². The van der Waals surface area contributed by atoms with Gasteiger partial charge in [-0.25, -0.2) is 0 Å². The van der Waals surface area contributed by atoms with E-state index in [4.69, 9.17) is 39.5 Å². The largest absolute Gasteiger partial charge is 0.468 e. The van der Waals surface area contributed by atoms with Crippen molar-refractivity contribution in [1.82, 2.24) is 4.90 Å². The van der Waals surface area contributed by atoms with Gasteiger partial charge in [-0.2, -0.15) is 0 Å². The third kappa shape index (κ3) is 6.18. The van der Waals surface area contributed by atoms with Crippen LogP contribution in [0.5, 0.6) is 0 Å². The fraction of sp³-hybridized carbons (Fsp3) is 0.222. The predicted molar refractivity (Wildman–Crippen MR) is 104 cm³/mol. The van der Waals surface area contributed by atoms with Gasteiger partial charge in [0.25, 0.3) is 0 Å². The zero-order valence-electron chi connectivity index (χ0n) is 14.0. The first kappa shape index (κ1) is 20.5. The second-order valence-corrected chi connectivity index (χ2v) is 6.75. The van der Waals surface area contributed by atoms with Crippen molar-refractivity contribution >= 4 is 52.4 Å². The lowest BCUT2D eigenvalue weighted by molar-refractivity contribution is -0.142. The van der Waals surface area contributed by atoms with Crippen LogP contribution in [0.15, 0.2) is 42.5 Å². The van der Waals surface area contributed by atoms with Gasteiger partial charge in [0, 0.05) is 11.6 Å². The van der Waals surface area contributed by atoms with Crippen molar-refractivity contribution in [2.24, 2.45) is 0 Å². The summed E-state index contributed by atoms with van der Waals surface area (Å²) in [6, 6.07) is 12.5. The minimum Gasteiger partial charge on any atom is -0.468 e. The van der Waals surface area contributed by atoms with Gasteiger partial charge in [-0.15, -0.1) is 0 Å². The number of rotatable bonds is 7. The van der Waals surface area contributed by atoms with Crippen LogP contribution in [0.25, 0.3) is 0 Å². The molecule has 8 heteroatoms. The van der Waals surface area contributed by atoms with Crippen LogP contribution in [0.2, 0.25) is 15.1 Å². The lowest BCUT2D eigenvalue weighted by atomic mass is 10.2. The van der Waals surface area contributed by atoms with Gasteiger partial charge >= 0.3 is 5.97 Å². The Kier molecular flexibility index (Phi) is 7.72. The molecule has 0 saturated heterocycles. The molecular weight excluding hydrogens is 399 g/mol. The highest BCUT2D eigenvalue weighted by Gasteiger charge is 2.17. The lowest BCUT2D eigenvalue weighted by Gasteiger charge is -2.21. The maximum absolute atomic E-state index is 12.4. The maximum atomic E-state index is 12.4. The third-order valence-electron chi connectivity index (χ3n) is 3.47. The first-order chi connectivity index (χ1) is 12.4. The first-order valence-corrected chi connectivity index (χ1v) is 8.80. The third-order valence-corrected chi connectivity index (χ3v) is 4.28. The number of anilines is 1. The van der Waals surface area contributed by atoms with Crippen LogP contribution in [-0.2, 0) is 20.9 Å². The minimum absolute atomic E-state index is 0.0269. The van der Waals surface area contributed by atoms with Gasteiger partial charge in [0.15, 0.2) is 0 Å². The normalized spacial score (nSPS) is 10.7. The molecule has 0 fully saturated rings. The fourth-order valence-electron chi connectivity index (χ4n) is 2.30. The van der Waals surface area contributed by atoms with Gasteiger partial charge in [0.2, 0.25) is 5.91 Å². The molecule has 0 aliphatic carbocycles. The molecule has 0 atom stereocenters. The zero-order chi connectivity index (χ0) is 19.1. The molecule has 0 radical (unpaired) electrons. The highest BCUT2D eigenvalue weighted by molar-refractivity contribution is 6.42. The lowest BCUT2D eigenvalue weighted by Crippen LogP contribution is -2.37. The summed E-state index contributed by atoms with van der Waals surface area (Å²) in [6.45, 7) is 0.339. The molecule has 5 nitrogen and oxygen atoms in total. The van der Waals surface area contributed by atoms with Gasteiger partial charge in [-0.1, -0.05) is 65.1 Å². The van der Waals surface area contributed by atoms with Crippen LogP contribution >= 0.6 is 34.8 Å². The smallest absolute Gasteiger partial charge is 0.319 e. The van der Waals surface area contributed by atoms with E-state index in [9.17, 15) is 9.59 Å². The van der Waals surface area contributed by atoms with E-state index in [2.05, 4.69) is 5.32 Å². The summed E-state index contributed by atoms with van der Waals surface area (Å²) in [6.07, 6.45) is 0. The topological polar surface area (TPSA) is 58.6 Å². The Bertz CT molecular complexity index is 762. The number of nitrogens with one attached hydrogen (secondary N) is 1. The number of hydrogen-bond acceptors (Lipinski definition) is 4. The molecule has 0 saturated carbocycles. The average molecular weight is 416 g/mol. The molecule has 138 valence electrons. The van der Waals surface area contributed by atoms with E-state index in [0.29, 0.717) is 11.6 Å². The van der Waals surface area contributed by atoms with Crippen molar-refractivity contribution in [3.8, 4) is 0 Å². The Morgan fingerprint density at radius 2 is 1.65 bits per heavy atom. The standard InChI is InChI=1S/C18H17Cl3N2O3/c1-26-17(25)11-23(9-12-5-3-2-4-6-12)10-16(24)22-18-14(20)7-13(19)8-15(18)21/h2-8H,9-11H2,1H3,(H,22,24). The molecule has 0 heterocycles. The number of carbonyl (C=O) groups excluding carboxylic acids is 2. The van der Waals surface area contributed by atoms with E-state index in [1.807, 2.05) is 30.3 Å². The number of amides is 1. The summed E-state index contributed by atoms with van der Waals surface area (Å²) in [5, 5.41) is 3.50. The van der Waals surface area contributed by atoms with Crippen LogP contribution in [-0.4, -0.2) is 37.0 Å². The molecule has 0 aromatic heterocycles. The molecule has 1 amide bonds. The summed E-state index contributed by atoms with van der Waals surface area (Å²) >= 11 is 18.0. The van der Waals surface area contributed by atoms with Gasteiger partial charge in [-0.3, -0.25) is 14.5 Å². The van der Waals surface area contributed by atoms with E-state index < -0.39 is 5.97 Å². The van der Waals surface area contributed by atoms with Gasteiger partial charge in [0.05, 0.1) is 35.9 Å². The SMILES string of the molecule is COC(=O)CN(CC(=O)Nc1c(Cl)cc(Cl)cc1Cl)Cc1ccccc1. The maximum Gasteiger partial charge on any atom is 0.319 e. The number of ether oxygens (including phenoxy) is 1. The van der Waals surface area contributed by atoms with Crippen molar-refractivity contribution < 1.29 is 14.3 Å². The molecule has 0 spiro atoms. The van der Waals surface area contributed by atoms with Gasteiger partial charge in [-0.05, 0) is 17.7 Å². The number of carbonyl (C=O) groups is 2. The second-order valence-electron chi connectivity index (χ2n) is 5.50. The Balaban J connectivity index is 2.09. The molecule has 0 unspecified atom stereocenters. The van der Waals surface area contributed by atoms with Crippen molar-refractivity contribution in [1.29, 1.82) is 0 Å². The molecule has 2 aromatic carbocycles. The summed E-state index contributed by atoms with van der Waals surface area (Å²) < 4.78 is 4.70. The van der Waals surface area contributed by atoms with Crippen LogP contribution < -0.4 is 5.32 Å². The van der Waals surface area contributed by atoms with Gasteiger partial charge in [0.1, 0.15) is 0 Å². The highest BCUT2D eigenvalue weighted by Crippen LogP contribution is 2.33. The highest BCUT2D eigenvalue weighted by atomic mass is 35.5. The van der Waals surface area contributed by atoms with E-state index in [-0.39, 0.29) is 34.7 Å². The molecule has 1 N–H and O–H groups in total. The monoisotopic (exact) mass is 414 g/mol. The van der Waals surface area contributed by atoms with Crippen molar-refractivity contribution in [3.05, 3.63) is 63.1 Å². The second kappa shape index (κ2) is 9.78. The van der Waals surface area contributed by atoms with Crippen LogP contribution in [0, 0.1) is 0 Å². The number of nitrogens with zero attached hydrogens (tertiary/aromatic N) is 1. The fourth-order valence-corrected chi connectivity index (χ4v) is 3.21. The number of halogens is 3. The van der Waals surface area contributed by atoms with E-state index in [1.54, 1.807) is 4.90 Å². The van der Waals surface area contributed by atoms with Crippen molar-refractivity contribution in [2.45, 2.75) is 6.54 Å². The zero-order valence-corrected chi connectivity index (χ0v) is 16.2. The molecule has 0 aliphatic rings. The minimum atomic E-state index is -0.434. The van der Waals surface area contributed by atoms with E-state index in [1.165, 1.54) is 19.2 Å². The Labute approximate surface area is 166 Å².